The summed E-state index contributed by atoms with van der Waals surface area (Å²) in [6, 6.07) is 35.3. The normalized spacial score (nSPS) is 16.6. The highest BCUT2D eigenvalue weighted by Crippen LogP contribution is 2.30. The number of hydrogen-bond donors (Lipinski definition) is 4. The Morgan fingerprint density at radius 1 is 0.875 bits per heavy atom. The van der Waals surface area contributed by atoms with Crippen LogP contribution in [0, 0.1) is 0 Å². The molecule has 3 amide bonds. The highest BCUT2D eigenvalue weighted by molar-refractivity contribution is 5.98. The van der Waals surface area contributed by atoms with Crippen LogP contribution in [-0.4, -0.2) is 73.1 Å². The number of nitrogens with zero attached hydrogens (tertiary/aromatic N) is 1. The summed E-state index contributed by atoms with van der Waals surface area (Å²) in [6.07, 6.45) is -0.892. The van der Waals surface area contributed by atoms with Crippen LogP contribution in [0.4, 0.5) is 15.3 Å². The topological polar surface area (TPSA) is 129 Å². The number of carbonyl (C=O) groups excluding carboxylic acids is 2. The lowest BCUT2D eigenvalue weighted by Crippen LogP contribution is -2.55. The zero-order chi connectivity index (χ0) is 33.7. The molecule has 250 valence electrons. The lowest BCUT2D eigenvalue weighted by Gasteiger charge is -2.38. The van der Waals surface area contributed by atoms with Gasteiger partial charge in [0.2, 0.25) is 5.91 Å². The third-order valence-electron chi connectivity index (χ3n) is 8.57. The Kier molecular flexibility index (Phi) is 12.2. The minimum Gasteiger partial charge on any atom is -0.465 e. The molecule has 48 heavy (non-hydrogen) atoms. The fourth-order valence-corrected chi connectivity index (χ4v) is 6.09. The number of nitrogens with one attached hydrogen (secondary N) is 3. The van der Waals surface area contributed by atoms with Gasteiger partial charge < -0.3 is 30.5 Å². The van der Waals surface area contributed by atoms with Gasteiger partial charge in [-0.15, -0.1) is 0 Å². The van der Waals surface area contributed by atoms with E-state index < -0.39 is 30.1 Å². The number of carbonyl (C=O) groups is 3. The number of amides is 3. The molecule has 1 heterocycles. The van der Waals surface area contributed by atoms with Gasteiger partial charge in [0.15, 0.2) is 0 Å². The summed E-state index contributed by atoms with van der Waals surface area (Å²) in [6.45, 7) is 1.67. The summed E-state index contributed by atoms with van der Waals surface area (Å²) < 4.78 is 11.1. The number of aryl methyl sites for hydroxylation is 1. The molecule has 1 aliphatic heterocycles. The van der Waals surface area contributed by atoms with Gasteiger partial charge in [0.05, 0.1) is 32.4 Å². The first-order chi connectivity index (χ1) is 23.4. The van der Waals surface area contributed by atoms with Crippen molar-refractivity contribution in [3.8, 4) is 0 Å². The van der Waals surface area contributed by atoms with E-state index in [2.05, 4.69) is 16.0 Å². The highest BCUT2D eigenvalue weighted by Gasteiger charge is 2.34. The maximum atomic E-state index is 14.1. The second-order valence-electron chi connectivity index (χ2n) is 11.8. The van der Waals surface area contributed by atoms with Crippen LogP contribution in [0.2, 0.25) is 0 Å². The molecular weight excluding hydrogens is 608 g/mol. The number of carboxylic acid groups (broad SMARTS) is 1. The number of para-hydroxylation sites is 1. The SMILES string of the molecule is COC(=O)N[C@H](C(=O)Nc1ccccc1CC[C@@H]1CN(C(=O)O)[C@H](CNCc2ccccc2)CO1)C(c1ccccc1)c1ccccc1. The zero-order valence-corrected chi connectivity index (χ0v) is 27.0. The van der Waals surface area contributed by atoms with E-state index in [4.69, 9.17) is 9.47 Å². The Morgan fingerprint density at radius 2 is 1.48 bits per heavy atom. The van der Waals surface area contributed by atoms with E-state index in [0.29, 0.717) is 38.2 Å². The van der Waals surface area contributed by atoms with E-state index in [1.165, 1.54) is 12.0 Å². The molecule has 0 bridgehead atoms. The molecule has 10 nitrogen and oxygen atoms in total. The summed E-state index contributed by atoms with van der Waals surface area (Å²) >= 11 is 0. The molecule has 4 aromatic rings. The number of hydrogen-bond acceptors (Lipinski definition) is 6. The van der Waals surface area contributed by atoms with Crippen molar-refractivity contribution in [3.05, 3.63) is 138 Å². The number of rotatable bonds is 13. The van der Waals surface area contributed by atoms with E-state index >= 15 is 0 Å². The molecule has 1 saturated heterocycles. The predicted octanol–water partition coefficient (Wildman–Crippen LogP) is 5.65. The van der Waals surface area contributed by atoms with Gasteiger partial charge in [-0.05, 0) is 41.2 Å². The summed E-state index contributed by atoms with van der Waals surface area (Å²) in [7, 11) is 1.27. The summed E-state index contributed by atoms with van der Waals surface area (Å²) in [5.74, 6) is -0.895. The van der Waals surface area contributed by atoms with Crippen LogP contribution in [0.1, 0.15) is 34.6 Å². The van der Waals surface area contributed by atoms with Gasteiger partial charge in [-0.1, -0.05) is 109 Å². The predicted molar refractivity (Wildman–Crippen MR) is 184 cm³/mol. The average Bonchev–Trinajstić information content (AvgIpc) is 3.12. The number of alkyl carbamates (subject to hydrolysis) is 1. The lowest BCUT2D eigenvalue weighted by atomic mass is 9.84. The molecule has 3 atom stereocenters. The molecule has 5 rings (SSSR count). The summed E-state index contributed by atoms with van der Waals surface area (Å²) in [5, 5.41) is 19.1. The van der Waals surface area contributed by atoms with E-state index in [1.807, 2.05) is 115 Å². The standard InChI is InChI=1S/C38H42N4O6/c1-47-37(44)41-35(34(29-16-7-3-8-17-29)30-18-9-4-10-19-30)36(43)40-33-20-12-11-15-28(33)21-22-32-25-42(38(45)46)31(26-48-32)24-39-23-27-13-5-2-6-14-27/h2-20,31-32,34-35,39H,21-26H2,1H3,(H,40,43)(H,41,44)(H,45,46)/t31-,32-,35+/m1/s1. The summed E-state index contributed by atoms with van der Waals surface area (Å²) in [4.78, 5) is 40.2. The first kappa shape index (κ1) is 34.2. The minimum absolute atomic E-state index is 0.252. The Hall–Kier alpha value is -5.19. The molecule has 10 heteroatoms. The molecular formula is C38H42N4O6. The molecule has 4 aromatic carbocycles. The molecule has 0 radical (unpaired) electrons. The molecule has 0 aliphatic carbocycles. The quantitative estimate of drug-likeness (QED) is 0.147. The van der Waals surface area contributed by atoms with Gasteiger partial charge in [-0.2, -0.15) is 0 Å². The largest absolute Gasteiger partial charge is 0.465 e. The van der Waals surface area contributed by atoms with Crippen LogP contribution < -0.4 is 16.0 Å². The molecule has 1 aliphatic rings. The number of methoxy groups -OCH3 is 1. The molecule has 0 spiro atoms. The first-order valence-corrected chi connectivity index (χ1v) is 16.1. The number of ether oxygens (including phenoxy) is 2. The average molecular weight is 651 g/mol. The number of benzene rings is 4. The van der Waals surface area contributed by atoms with Crippen molar-refractivity contribution in [2.45, 2.75) is 43.5 Å². The Morgan fingerprint density at radius 3 is 2.10 bits per heavy atom. The molecule has 4 N–H and O–H groups in total. The van der Waals surface area contributed by atoms with Gasteiger partial charge in [-0.25, -0.2) is 9.59 Å². The van der Waals surface area contributed by atoms with Crippen molar-refractivity contribution in [1.82, 2.24) is 15.5 Å². The van der Waals surface area contributed by atoms with Crippen molar-refractivity contribution in [2.24, 2.45) is 0 Å². The van der Waals surface area contributed by atoms with Crippen LogP contribution >= 0.6 is 0 Å². The van der Waals surface area contributed by atoms with Gasteiger partial charge in [0, 0.05) is 24.7 Å². The lowest BCUT2D eigenvalue weighted by molar-refractivity contribution is -0.118. The van der Waals surface area contributed by atoms with Crippen LogP contribution in [0.15, 0.2) is 115 Å². The van der Waals surface area contributed by atoms with Crippen LogP contribution in [0.3, 0.4) is 0 Å². The third kappa shape index (κ3) is 9.21. The van der Waals surface area contributed by atoms with E-state index in [9.17, 15) is 19.5 Å². The van der Waals surface area contributed by atoms with Crippen molar-refractivity contribution in [2.75, 3.05) is 32.1 Å². The van der Waals surface area contributed by atoms with Gasteiger partial charge in [-0.3, -0.25) is 9.69 Å². The third-order valence-corrected chi connectivity index (χ3v) is 8.57. The minimum atomic E-state index is -0.992. The maximum Gasteiger partial charge on any atom is 0.407 e. The zero-order valence-electron chi connectivity index (χ0n) is 27.0. The molecule has 0 saturated carbocycles. The first-order valence-electron chi connectivity index (χ1n) is 16.1. The Balaban J connectivity index is 1.26. The second kappa shape index (κ2) is 17.1. The fourth-order valence-electron chi connectivity index (χ4n) is 6.09. The second-order valence-corrected chi connectivity index (χ2v) is 11.8. The van der Waals surface area contributed by atoms with E-state index in [1.54, 1.807) is 0 Å². The fraction of sp³-hybridized carbons (Fsp3) is 0.289. The van der Waals surface area contributed by atoms with Crippen molar-refractivity contribution in [1.29, 1.82) is 0 Å². The summed E-state index contributed by atoms with van der Waals surface area (Å²) in [5.41, 5.74) is 4.32. The highest BCUT2D eigenvalue weighted by atomic mass is 16.5. The van der Waals surface area contributed by atoms with Crippen LogP contribution in [0.25, 0.3) is 0 Å². The monoisotopic (exact) mass is 650 g/mol. The molecule has 0 unspecified atom stereocenters. The van der Waals surface area contributed by atoms with E-state index in [0.717, 1.165) is 22.3 Å². The smallest absolute Gasteiger partial charge is 0.407 e. The van der Waals surface area contributed by atoms with Gasteiger partial charge in [0.1, 0.15) is 6.04 Å². The van der Waals surface area contributed by atoms with Crippen LogP contribution in [0.5, 0.6) is 0 Å². The van der Waals surface area contributed by atoms with Crippen molar-refractivity contribution in [3.63, 3.8) is 0 Å². The Bertz CT molecular complexity index is 1580. The molecule has 1 fully saturated rings. The van der Waals surface area contributed by atoms with Crippen LogP contribution in [-0.2, 0) is 27.2 Å². The number of morpholine rings is 1. The number of anilines is 1. The van der Waals surface area contributed by atoms with Gasteiger partial charge >= 0.3 is 12.2 Å². The van der Waals surface area contributed by atoms with Crippen molar-refractivity contribution >= 4 is 23.8 Å². The van der Waals surface area contributed by atoms with Gasteiger partial charge in [0.25, 0.3) is 0 Å². The van der Waals surface area contributed by atoms with E-state index in [-0.39, 0.29) is 18.7 Å². The Labute approximate surface area is 281 Å². The van der Waals surface area contributed by atoms with Crippen molar-refractivity contribution < 1.29 is 29.0 Å². The maximum absolute atomic E-state index is 14.1. The molecule has 0 aromatic heterocycles.